The maximum atomic E-state index is 10.5. The topological polar surface area (TPSA) is 124 Å². The fraction of sp³-hybridized carbons (Fsp3) is 0.571. The molecule has 7 nitrogen and oxygen atoms in total. The lowest BCUT2D eigenvalue weighted by Gasteiger charge is -1.98. The van der Waals surface area contributed by atoms with Gasteiger partial charge in [-0.1, -0.05) is 5.10 Å². The number of aromatic nitrogens is 2. The zero-order valence-electron chi connectivity index (χ0n) is 7.69. The fourth-order valence-electron chi connectivity index (χ4n) is 1.21. The third-order valence-electron chi connectivity index (χ3n) is 1.94. The van der Waals surface area contributed by atoms with Crippen LogP contribution in [0.5, 0.6) is 0 Å². The maximum absolute atomic E-state index is 10.5. The number of nitrogens with one attached hydrogen (secondary N) is 1. The second-order valence-corrected chi connectivity index (χ2v) is 2.94. The van der Waals surface area contributed by atoms with E-state index in [9.17, 15) is 10.1 Å². The van der Waals surface area contributed by atoms with Gasteiger partial charge in [-0.05, 0) is 30.7 Å². The van der Waals surface area contributed by atoms with Crippen LogP contribution in [0.4, 0.5) is 11.6 Å². The molecule has 0 aliphatic carbocycles. The number of rotatable bonds is 5. The Balaban J connectivity index is 2.72. The molecule has 0 aliphatic heterocycles. The molecule has 0 saturated heterocycles. The first-order valence-corrected chi connectivity index (χ1v) is 4.34. The second kappa shape index (κ2) is 4.56. The highest BCUT2D eigenvalue weighted by Gasteiger charge is 2.18. The van der Waals surface area contributed by atoms with Crippen LogP contribution < -0.4 is 11.5 Å². The summed E-state index contributed by atoms with van der Waals surface area (Å²) in [6, 6.07) is 0. The molecular weight excluding hydrogens is 186 g/mol. The van der Waals surface area contributed by atoms with Gasteiger partial charge in [-0.25, -0.2) is 0 Å². The maximum Gasteiger partial charge on any atom is 0.348 e. The molecule has 0 unspecified atom stereocenters. The van der Waals surface area contributed by atoms with Gasteiger partial charge in [0.2, 0.25) is 0 Å². The van der Waals surface area contributed by atoms with Gasteiger partial charge in [0.1, 0.15) is 0 Å². The Morgan fingerprint density at radius 1 is 1.50 bits per heavy atom. The lowest BCUT2D eigenvalue weighted by Crippen LogP contribution is -2.01. The molecule has 0 atom stereocenters. The third-order valence-corrected chi connectivity index (χ3v) is 1.94. The Labute approximate surface area is 80.6 Å². The second-order valence-electron chi connectivity index (χ2n) is 2.94. The van der Waals surface area contributed by atoms with Crippen LogP contribution in [0.15, 0.2) is 0 Å². The molecule has 0 amide bonds. The number of nitrogen functional groups attached to an aromatic ring is 1. The van der Waals surface area contributed by atoms with Gasteiger partial charge < -0.3 is 21.6 Å². The van der Waals surface area contributed by atoms with Crippen molar-refractivity contribution in [3.63, 3.8) is 0 Å². The van der Waals surface area contributed by atoms with E-state index in [1.165, 1.54) is 0 Å². The summed E-state index contributed by atoms with van der Waals surface area (Å²) in [6.45, 7) is 0.575. The molecule has 0 saturated carbocycles. The van der Waals surface area contributed by atoms with Gasteiger partial charge in [0.05, 0.1) is 5.56 Å². The van der Waals surface area contributed by atoms with Crippen molar-refractivity contribution in [1.29, 1.82) is 0 Å². The van der Waals surface area contributed by atoms with Crippen LogP contribution in [0, 0.1) is 10.1 Å². The fourth-order valence-corrected chi connectivity index (χ4v) is 1.21. The van der Waals surface area contributed by atoms with E-state index in [0.717, 1.165) is 12.8 Å². The minimum absolute atomic E-state index is 0.112. The van der Waals surface area contributed by atoms with Gasteiger partial charge in [0, 0.05) is 0 Å². The van der Waals surface area contributed by atoms with Crippen molar-refractivity contribution in [2.24, 2.45) is 5.73 Å². The molecule has 1 heterocycles. The molecule has 0 aliphatic rings. The number of unbranched alkanes of at least 4 members (excludes halogenated alkanes) is 1. The molecule has 7 heteroatoms. The average molecular weight is 199 g/mol. The largest absolute Gasteiger partial charge is 0.380 e. The van der Waals surface area contributed by atoms with Crippen LogP contribution in [0.1, 0.15) is 18.4 Å². The predicted molar refractivity (Wildman–Crippen MR) is 51.6 cm³/mol. The first kappa shape index (κ1) is 10.5. The van der Waals surface area contributed by atoms with Crippen LogP contribution in [-0.2, 0) is 6.42 Å². The van der Waals surface area contributed by atoms with Gasteiger partial charge in [0.25, 0.3) is 0 Å². The molecule has 0 fully saturated rings. The van der Waals surface area contributed by atoms with Gasteiger partial charge in [-0.3, -0.25) is 0 Å². The Morgan fingerprint density at radius 2 is 2.21 bits per heavy atom. The van der Waals surface area contributed by atoms with Crippen LogP contribution >= 0.6 is 0 Å². The minimum atomic E-state index is -0.513. The molecule has 1 aromatic heterocycles. The van der Waals surface area contributed by atoms with E-state index in [1.807, 2.05) is 0 Å². The van der Waals surface area contributed by atoms with Crippen molar-refractivity contribution in [2.75, 3.05) is 12.3 Å². The molecule has 14 heavy (non-hydrogen) atoms. The summed E-state index contributed by atoms with van der Waals surface area (Å²) in [6.07, 6.45) is 2.14. The first-order chi connectivity index (χ1) is 6.66. The Morgan fingerprint density at radius 3 is 2.79 bits per heavy atom. The first-order valence-electron chi connectivity index (χ1n) is 4.34. The van der Waals surface area contributed by atoms with Crippen molar-refractivity contribution >= 4 is 11.6 Å². The number of anilines is 1. The number of aromatic amines is 1. The highest BCUT2D eigenvalue weighted by molar-refractivity contribution is 5.49. The lowest BCUT2D eigenvalue weighted by atomic mass is 10.1. The van der Waals surface area contributed by atoms with Gasteiger partial charge in [-0.2, -0.15) is 0 Å². The minimum Gasteiger partial charge on any atom is -0.380 e. The summed E-state index contributed by atoms with van der Waals surface area (Å²) >= 11 is 0. The van der Waals surface area contributed by atoms with Gasteiger partial charge >= 0.3 is 5.82 Å². The normalized spacial score (nSPS) is 10.4. The molecule has 0 aromatic carbocycles. The highest BCUT2D eigenvalue weighted by atomic mass is 16.6. The summed E-state index contributed by atoms with van der Waals surface area (Å²) in [5, 5.41) is 16.4. The number of H-pyrrole nitrogens is 1. The third kappa shape index (κ3) is 2.19. The summed E-state index contributed by atoms with van der Waals surface area (Å²) in [5.41, 5.74) is 11.3. The summed E-state index contributed by atoms with van der Waals surface area (Å²) in [4.78, 5) is 10.0. The van der Waals surface area contributed by atoms with E-state index < -0.39 is 4.92 Å². The van der Waals surface area contributed by atoms with E-state index in [1.54, 1.807) is 0 Å². The van der Waals surface area contributed by atoms with Crippen molar-refractivity contribution in [3.8, 4) is 0 Å². The molecule has 5 N–H and O–H groups in total. The van der Waals surface area contributed by atoms with Crippen molar-refractivity contribution in [1.82, 2.24) is 10.2 Å². The van der Waals surface area contributed by atoms with E-state index in [4.69, 9.17) is 11.5 Å². The van der Waals surface area contributed by atoms with Crippen LogP contribution in [0.25, 0.3) is 0 Å². The van der Waals surface area contributed by atoms with E-state index in [-0.39, 0.29) is 11.6 Å². The van der Waals surface area contributed by atoms with Crippen LogP contribution in [-0.4, -0.2) is 21.7 Å². The van der Waals surface area contributed by atoms with Gasteiger partial charge in [-0.15, -0.1) is 5.10 Å². The van der Waals surface area contributed by atoms with E-state index in [2.05, 4.69) is 10.2 Å². The highest BCUT2D eigenvalue weighted by Crippen LogP contribution is 2.22. The molecule has 0 radical (unpaired) electrons. The Kier molecular flexibility index (Phi) is 3.41. The number of hydrogen-bond acceptors (Lipinski definition) is 5. The van der Waals surface area contributed by atoms with Gasteiger partial charge in [0.15, 0.2) is 5.82 Å². The summed E-state index contributed by atoms with van der Waals surface area (Å²) in [7, 11) is 0. The van der Waals surface area contributed by atoms with Crippen molar-refractivity contribution < 1.29 is 4.92 Å². The van der Waals surface area contributed by atoms with Crippen molar-refractivity contribution in [2.45, 2.75) is 19.3 Å². The number of nitro groups is 1. The average Bonchev–Trinajstić information content (AvgIpc) is 2.48. The SMILES string of the molecule is NCCCCc1c(N)n[nH]c1[N+](=O)[O-]. The molecule has 1 aromatic rings. The lowest BCUT2D eigenvalue weighted by molar-refractivity contribution is -0.390. The smallest absolute Gasteiger partial charge is 0.348 e. The van der Waals surface area contributed by atoms with Crippen LogP contribution in [0.3, 0.4) is 0 Å². The van der Waals surface area contributed by atoms with Crippen LogP contribution in [0.2, 0.25) is 0 Å². The monoisotopic (exact) mass is 199 g/mol. The summed E-state index contributed by atoms with van der Waals surface area (Å²) in [5.74, 6) is 0.0910. The quantitative estimate of drug-likeness (QED) is 0.354. The number of hydrogen-bond donors (Lipinski definition) is 3. The molecule has 78 valence electrons. The number of nitrogens with zero attached hydrogens (tertiary/aromatic N) is 2. The van der Waals surface area contributed by atoms with E-state index in [0.29, 0.717) is 18.5 Å². The predicted octanol–water partition coefficient (Wildman–Crippen LogP) is 0.182. The summed E-state index contributed by atoms with van der Waals surface area (Å²) < 4.78 is 0. The Hall–Kier alpha value is -1.63. The zero-order valence-corrected chi connectivity index (χ0v) is 7.69. The molecule has 0 spiro atoms. The Bertz CT molecular complexity index is 322. The van der Waals surface area contributed by atoms with Crippen molar-refractivity contribution in [3.05, 3.63) is 15.7 Å². The molecule has 1 rings (SSSR count). The molecule has 0 bridgehead atoms. The van der Waals surface area contributed by atoms with E-state index >= 15 is 0 Å². The number of nitrogens with two attached hydrogens (primary N) is 2. The zero-order chi connectivity index (χ0) is 10.6. The molecular formula is C7H13N5O2. The standard InChI is InChI=1S/C7H13N5O2/c8-4-2-1-3-5-6(9)10-11-7(5)12(13)14/h1-4,8H2,(H3,9,10,11).